The fraction of sp³-hybridized carbons (Fsp3) is 0.355. The van der Waals surface area contributed by atoms with Crippen LogP contribution in [0.4, 0.5) is 0 Å². The highest BCUT2D eigenvalue weighted by atomic mass is 16.5. The molecule has 0 spiro atoms. The van der Waals surface area contributed by atoms with Crippen LogP contribution in [0.2, 0.25) is 0 Å². The van der Waals surface area contributed by atoms with Crippen molar-refractivity contribution in [1.29, 1.82) is 0 Å². The predicted molar refractivity (Wildman–Crippen MR) is 144 cm³/mol. The minimum atomic E-state index is 0.133. The number of amides is 1. The zero-order valence-electron chi connectivity index (χ0n) is 21.1. The lowest BCUT2D eigenvalue weighted by Crippen LogP contribution is -2.27. The summed E-state index contributed by atoms with van der Waals surface area (Å²) in [6.07, 6.45) is 4.43. The van der Waals surface area contributed by atoms with E-state index in [-0.39, 0.29) is 11.8 Å². The van der Waals surface area contributed by atoms with E-state index in [1.165, 1.54) is 11.1 Å². The number of carbonyl (C=O) groups is 1. The fourth-order valence-electron chi connectivity index (χ4n) is 5.09. The van der Waals surface area contributed by atoms with Crippen molar-refractivity contribution in [3.8, 4) is 5.75 Å². The van der Waals surface area contributed by atoms with Crippen LogP contribution in [0.15, 0.2) is 78.9 Å². The maximum atomic E-state index is 12.9. The Morgan fingerprint density at radius 3 is 2.47 bits per heavy atom. The lowest BCUT2D eigenvalue weighted by Gasteiger charge is -2.17. The van der Waals surface area contributed by atoms with Crippen molar-refractivity contribution in [2.45, 2.75) is 51.5 Å². The average molecular weight is 482 g/mol. The van der Waals surface area contributed by atoms with Gasteiger partial charge in [-0.1, -0.05) is 61.5 Å². The van der Waals surface area contributed by atoms with Crippen molar-refractivity contribution in [3.05, 3.63) is 95.8 Å². The van der Waals surface area contributed by atoms with Gasteiger partial charge in [-0.05, 0) is 61.1 Å². The van der Waals surface area contributed by atoms with E-state index < -0.39 is 0 Å². The van der Waals surface area contributed by atoms with Gasteiger partial charge in [0, 0.05) is 32.0 Å². The Labute approximate surface area is 213 Å². The molecule has 2 heterocycles. The maximum absolute atomic E-state index is 12.9. The molecule has 0 bridgehead atoms. The van der Waals surface area contributed by atoms with E-state index >= 15 is 0 Å². The van der Waals surface area contributed by atoms with E-state index in [1.807, 2.05) is 17.0 Å². The van der Waals surface area contributed by atoms with E-state index in [0.29, 0.717) is 13.0 Å². The molecule has 5 nitrogen and oxygen atoms in total. The Hall–Kier alpha value is -3.60. The number of benzene rings is 3. The number of hydrogen-bond donors (Lipinski definition) is 0. The molecule has 186 valence electrons. The van der Waals surface area contributed by atoms with Gasteiger partial charge >= 0.3 is 0 Å². The molecule has 1 amide bonds. The molecule has 0 radical (unpaired) electrons. The zero-order valence-corrected chi connectivity index (χ0v) is 21.1. The fourth-order valence-corrected chi connectivity index (χ4v) is 5.09. The van der Waals surface area contributed by atoms with Crippen molar-refractivity contribution >= 4 is 16.9 Å². The summed E-state index contributed by atoms with van der Waals surface area (Å²) < 4.78 is 8.30. The van der Waals surface area contributed by atoms with Crippen LogP contribution in [-0.2, 0) is 24.2 Å². The molecular formula is C31H35N3O2. The third kappa shape index (κ3) is 5.62. The minimum Gasteiger partial charge on any atom is -0.494 e. The summed E-state index contributed by atoms with van der Waals surface area (Å²) in [7, 11) is 0. The summed E-state index contributed by atoms with van der Waals surface area (Å²) in [5.74, 6) is 2.34. The molecule has 1 aromatic heterocycles. The highest BCUT2D eigenvalue weighted by Crippen LogP contribution is 2.31. The molecule has 1 fully saturated rings. The van der Waals surface area contributed by atoms with Gasteiger partial charge in [-0.25, -0.2) is 4.98 Å². The van der Waals surface area contributed by atoms with E-state index in [1.54, 1.807) is 0 Å². The molecule has 5 rings (SSSR count). The van der Waals surface area contributed by atoms with Gasteiger partial charge in [0.2, 0.25) is 5.91 Å². The van der Waals surface area contributed by atoms with Crippen LogP contribution < -0.4 is 4.74 Å². The number of aryl methyl sites for hydroxylation is 2. The molecule has 1 saturated heterocycles. The van der Waals surface area contributed by atoms with E-state index in [9.17, 15) is 4.79 Å². The first-order valence-electron chi connectivity index (χ1n) is 13.2. The van der Waals surface area contributed by atoms with Crippen molar-refractivity contribution < 1.29 is 9.53 Å². The number of unbranched alkanes of at least 4 members (excludes halogenated alkanes) is 1. The first-order valence-corrected chi connectivity index (χ1v) is 13.2. The number of hydrogen-bond acceptors (Lipinski definition) is 3. The molecule has 3 aromatic carbocycles. The van der Waals surface area contributed by atoms with Gasteiger partial charge in [-0.3, -0.25) is 4.79 Å². The summed E-state index contributed by atoms with van der Waals surface area (Å²) in [5, 5.41) is 0. The summed E-state index contributed by atoms with van der Waals surface area (Å²) in [6.45, 7) is 5.24. The van der Waals surface area contributed by atoms with Crippen LogP contribution in [0.5, 0.6) is 5.75 Å². The number of fused-ring (bicyclic) bond motifs is 1. The molecule has 1 aliphatic rings. The number of para-hydroxylation sites is 2. The molecule has 0 saturated carbocycles. The molecule has 1 aliphatic heterocycles. The van der Waals surface area contributed by atoms with Gasteiger partial charge < -0.3 is 14.2 Å². The van der Waals surface area contributed by atoms with Gasteiger partial charge in [0.25, 0.3) is 0 Å². The largest absolute Gasteiger partial charge is 0.494 e. The predicted octanol–water partition coefficient (Wildman–Crippen LogP) is 6.02. The van der Waals surface area contributed by atoms with Gasteiger partial charge in [-0.2, -0.15) is 0 Å². The number of ether oxygens (including phenoxy) is 1. The van der Waals surface area contributed by atoms with E-state index in [0.717, 1.165) is 67.9 Å². The molecule has 1 atom stereocenters. The molecule has 0 aliphatic carbocycles. The first-order chi connectivity index (χ1) is 17.7. The lowest BCUT2D eigenvalue weighted by atomic mass is 10.1. The maximum Gasteiger partial charge on any atom is 0.223 e. The monoisotopic (exact) mass is 481 g/mol. The zero-order chi connectivity index (χ0) is 24.7. The SMILES string of the molecule is CCc1ccc(OCCCCn2c(C3CC(=O)N(CCc4ccccc4)C3)nc3ccccc32)cc1. The molecule has 5 heteroatoms. The number of aromatic nitrogens is 2. The lowest BCUT2D eigenvalue weighted by molar-refractivity contribution is -0.127. The van der Waals surface area contributed by atoms with Crippen molar-refractivity contribution in [2.75, 3.05) is 19.7 Å². The van der Waals surface area contributed by atoms with E-state index in [4.69, 9.17) is 9.72 Å². The Morgan fingerprint density at radius 1 is 0.889 bits per heavy atom. The van der Waals surface area contributed by atoms with Crippen LogP contribution in [-0.4, -0.2) is 40.1 Å². The van der Waals surface area contributed by atoms with Crippen LogP contribution in [0.3, 0.4) is 0 Å². The average Bonchev–Trinajstić information content (AvgIpc) is 3.48. The number of imidazole rings is 1. The van der Waals surface area contributed by atoms with Crippen molar-refractivity contribution in [1.82, 2.24) is 14.5 Å². The Bertz CT molecular complexity index is 1280. The summed E-state index contributed by atoms with van der Waals surface area (Å²) in [6, 6.07) is 27.1. The molecule has 4 aromatic rings. The summed E-state index contributed by atoms with van der Waals surface area (Å²) in [4.78, 5) is 19.9. The Morgan fingerprint density at radius 2 is 1.67 bits per heavy atom. The summed E-state index contributed by atoms with van der Waals surface area (Å²) in [5.41, 5.74) is 4.75. The topological polar surface area (TPSA) is 47.4 Å². The second kappa shape index (κ2) is 11.4. The summed E-state index contributed by atoms with van der Waals surface area (Å²) >= 11 is 0. The van der Waals surface area contributed by atoms with Crippen LogP contribution in [0, 0.1) is 0 Å². The van der Waals surface area contributed by atoms with Crippen LogP contribution in [0.1, 0.15) is 49.1 Å². The third-order valence-corrected chi connectivity index (χ3v) is 7.15. The van der Waals surface area contributed by atoms with Gasteiger partial charge in [0.15, 0.2) is 0 Å². The van der Waals surface area contributed by atoms with Gasteiger partial charge in [0.05, 0.1) is 17.6 Å². The molecular weight excluding hydrogens is 446 g/mol. The highest BCUT2D eigenvalue weighted by Gasteiger charge is 2.33. The van der Waals surface area contributed by atoms with Gasteiger partial charge in [0.1, 0.15) is 11.6 Å². The van der Waals surface area contributed by atoms with E-state index in [2.05, 4.69) is 78.2 Å². The Kier molecular flexibility index (Phi) is 7.65. The van der Waals surface area contributed by atoms with Crippen molar-refractivity contribution in [2.24, 2.45) is 0 Å². The quantitative estimate of drug-likeness (QED) is 0.246. The molecule has 1 unspecified atom stereocenters. The van der Waals surface area contributed by atoms with Gasteiger partial charge in [-0.15, -0.1) is 0 Å². The standard InChI is InChI=1S/C31H35N3O2/c1-2-24-14-16-27(17-15-24)36-21-9-8-19-34-29-13-7-6-12-28(29)32-31(34)26-22-30(35)33(23-26)20-18-25-10-4-3-5-11-25/h3-7,10-17,26H,2,8-9,18-23H2,1H3. The second-order valence-electron chi connectivity index (χ2n) is 9.64. The van der Waals surface area contributed by atoms with Crippen LogP contribution in [0.25, 0.3) is 11.0 Å². The number of rotatable bonds is 11. The van der Waals surface area contributed by atoms with Crippen LogP contribution >= 0.6 is 0 Å². The molecule has 36 heavy (non-hydrogen) atoms. The minimum absolute atomic E-state index is 0.133. The number of likely N-dealkylation sites (tertiary alicyclic amines) is 1. The number of nitrogens with zero attached hydrogens (tertiary/aromatic N) is 3. The first kappa shape index (κ1) is 24.1. The third-order valence-electron chi connectivity index (χ3n) is 7.15. The number of carbonyl (C=O) groups excluding carboxylic acids is 1. The Balaban J connectivity index is 1.21. The normalized spacial score (nSPS) is 15.6. The smallest absolute Gasteiger partial charge is 0.223 e. The van der Waals surface area contributed by atoms with Crippen molar-refractivity contribution in [3.63, 3.8) is 0 Å². The highest BCUT2D eigenvalue weighted by molar-refractivity contribution is 5.81. The molecule has 0 N–H and O–H groups in total. The second-order valence-corrected chi connectivity index (χ2v) is 9.64.